The molecule has 0 saturated carbocycles. The third-order valence-electron chi connectivity index (χ3n) is 2.91. The normalized spacial score (nSPS) is 10.0. The summed E-state index contributed by atoms with van der Waals surface area (Å²) in [6.07, 6.45) is 2.91. The molecule has 0 aliphatic rings. The first-order valence-corrected chi connectivity index (χ1v) is 6.50. The molecule has 0 bridgehead atoms. The Hall–Kier alpha value is -2.40. The van der Waals surface area contributed by atoms with Crippen molar-refractivity contribution in [2.75, 3.05) is 12.4 Å². The molecule has 0 unspecified atom stereocenters. The molecule has 1 aromatic carbocycles. The molecule has 1 N–H and O–H groups in total. The number of carbonyl (C=O) groups is 2. The van der Waals surface area contributed by atoms with Gasteiger partial charge in [-0.2, -0.15) is 0 Å². The largest absolute Gasteiger partial charge is 0.465 e. The Kier molecular flexibility index (Phi) is 4.55. The number of rotatable bonds is 3. The molecule has 0 atom stereocenters. The van der Waals surface area contributed by atoms with Gasteiger partial charge in [0.15, 0.2) is 0 Å². The van der Waals surface area contributed by atoms with Gasteiger partial charge in [-0.3, -0.25) is 9.78 Å². The summed E-state index contributed by atoms with van der Waals surface area (Å²) in [6.45, 7) is 1.78. The summed E-state index contributed by atoms with van der Waals surface area (Å²) in [5.74, 6) is -0.784. The van der Waals surface area contributed by atoms with Crippen LogP contribution >= 0.6 is 11.6 Å². The monoisotopic (exact) mass is 304 g/mol. The van der Waals surface area contributed by atoms with Gasteiger partial charge in [-0.15, -0.1) is 0 Å². The first kappa shape index (κ1) is 15.0. The number of anilines is 1. The molecule has 5 nitrogen and oxygen atoms in total. The third kappa shape index (κ3) is 3.38. The van der Waals surface area contributed by atoms with E-state index in [-0.39, 0.29) is 11.5 Å². The van der Waals surface area contributed by atoms with Crippen LogP contribution in [0.4, 0.5) is 5.69 Å². The van der Waals surface area contributed by atoms with Gasteiger partial charge in [0.05, 0.1) is 23.3 Å². The Labute approximate surface area is 126 Å². The number of amides is 1. The number of hydrogen-bond donors (Lipinski definition) is 1. The predicted molar refractivity (Wildman–Crippen MR) is 79.7 cm³/mol. The number of carbonyl (C=O) groups excluding carboxylic acids is 2. The molecule has 2 aromatic rings. The first-order valence-electron chi connectivity index (χ1n) is 6.12. The Morgan fingerprint density at radius 1 is 1.29 bits per heavy atom. The second-order valence-electron chi connectivity index (χ2n) is 4.33. The van der Waals surface area contributed by atoms with E-state index in [2.05, 4.69) is 15.0 Å². The molecule has 0 aliphatic heterocycles. The van der Waals surface area contributed by atoms with Gasteiger partial charge in [0.25, 0.3) is 5.91 Å². The molecule has 6 heteroatoms. The fraction of sp³-hybridized carbons (Fsp3) is 0.133. The predicted octanol–water partition coefficient (Wildman–Crippen LogP) is 3.08. The standard InChI is InChI=1S/C15H13ClN2O3/c1-9-7-10(15(20)21-2)3-4-13(9)18-14(19)11-8-17-6-5-12(11)16/h3-8H,1-2H3,(H,18,19). The maximum Gasteiger partial charge on any atom is 0.337 e. The number of nitrogens with zero attached hydrogens (tertiary/aromatic N) is 1. The lowest BCUT2D eigenvalue weighted by atomic mass is 10.1. The lowest BCUT2D eigenvalue weighted by Crippen LogP contribution is -2.14. The summed E-state index contributed by atoms with van der Waals surface area (Å²) in [5, 5.41) is 3.06. The average Bonchev–Trinajstić information content (AvgIpc) is 2.48. The van der Waals surface area contributed by atoms with Gasteiger partial charge in [-0.05, 0) is 36.8 Å². The quantitative estimate of drug-likeness (QED) is 0.885. The molecule has 21 heavy (non-hydrogen) atoms. The van der Waals surface area contributed by atoms with E-state index < -0.39 is 5.97 Å². The highest BCUT2D eigenvalue weighted by molar-refractivity contribution is 6.34. The van der Waals surface area contributed by atoms with E-state index in [0.717, 1.165) is 5.56 Å². The number of methoxy groups -OCH3 is 1. The Bertz CT molecular complexity index is 701. The highest BCUT2D eigenvalue weighted by Crippen LogP contribution is 2.20. The molecule has 0 aliphatic carbocycles. The van der Waals surface area contributed by atoms with E-state index >= 15 is 0 Å². The number of benzene rings is 1. The number of halogens is 1. The number of esters is 1. The smallest absolute Gasteiger partial charge is 0.337 e. The van der Waals surface area contributed by atoms with E-state index in [1.807, 2.05) is 0 Å². The Morgan fingerprint density at radius 3 is 2.67 bits per heavy atom. The van der Waals surface area contributed by atoms with E-state index in [1.54, 1.807) is 31.2 Å². The number of aryl methyl sites for hydroxylation is 1. The van der Waals surface area contributed by atoms with Crippen LogP contribution < -0.4 is 5.32 Å². The summed E-state index contributed by atoms with van der Waals surface area (Å²) >= 11 is 5.95. The Morgan fingerprint density at radius 2 is 2.05 bits per heavy atom. The zero-order valence-corrected chi connectivity index (χ0v) is 12.3. The molecule has 2 rings (SSSR count). The van der Waals surface area contributed by atoms with Crippen molar-refractivity contribution in [2.45, 2.75) is 6.92 Å². The number of ether oxygens (including phenoxy) is 1. The molecule has 0 spiro atoms. The minimum absolute atomic E-state index is 0.288. The fourth-order valence-electron chi connectivity index (χ4n) is 1.78. The number of nitrogens with one attached hydrogen (secondary N) is 1. The molecule has 108 valence electrons. The van der Waals surface area contributed by atoms with Crippen molar-refractivity contribution < 1.29 is 14.3 Å². The van der Waals surface area contributed by atoms with Crippen LogP contribution in [0.15, 0.2) is 36.7 Å². The van der Waals surface area contributed by atoms with Crippen LogP contribution in [-0.2, 0) is 4.74 Å². The zero-order chi connectivity index (χ0) is 15.4. The lowest BCUT2D eigenvalue weighted by molar-refractivity contribution is 0.0600. The van der Waals surface area contributed by atoms with Crippen molar-refractivity contribution in [3.8, 4) is 0 Å². The van der Waals surface area contributed by atoms with Gasteiger partial charge in [-0.1, -0.05) is 11.6 Å². The van der Waals surface area contributed by atoms with Gasteiger partial charge in [0, 0.05) is 18.1 Å². The average molecular weight is 305 g/mol. The van der Waals surface area contributed by atoms with Crippen molar-refractivity contribution in [1.29, 1.82) is 0 Å². The zero-order valence-electron chi connectivity index (χ0n) is 11.5. The number of pyridine rings is 1. The molecule has 1 amide bonds. The van der Waals surface area contributed by atoms with E-state index in [4.69, 9.17) is 11.6 Å². The van der Waals surface area contributed by atoms with Gasteiger partial charge in [0.1, 0.15) is 0 Å². The van der Waals surface area contributed by atoms with Crippen LogP contribution in [0, 0.1) is 6.92 Å². The van der Waals surface area contributed by atoms with E-state index in [1.165, 1.54) is 19.5 Å². The summed E-state index contributed by atoms with van der Waals surface area (Å²) < 4.78 is 4.65. The maximum atomic E-state index is 12.1. The first-order chi connectivity index (χ1) is 10.0. The minimum atomic E-state index is -0.425. The Balaban J connectivity index is 2.22. The van der Waals surface area contributed by atoms with E-state index in [9.17, 15) is 9.59 Å². The second kappa shape index (κ2) is 6.37. The molecular weight excluding hydrogens is 292 g/mol. The summed E-state index contributed by atoms with van der Waals surface area (Å²) in [7, 11) is 1.32. The molecule has 1 aromatic heterocycles. The fourth-order valence-corrected chi connectivity index (χ4v) is 1.97. The molecule has 1 heterocycles. The van der Waals surface area contributed by atoms with Crippen molar-refractivity contribution >= 4 is 29.2 Å². The highest BCUT2D eigenvalue weighted by atomic mass is 35.5. The van der Waals surface area contributed by atoms with Crippen LogP contribution in [0.3, 0.4) is 0 Å². The molecule has 0 fully saturated rings. The van der Waals surface area contributed by atoms with Gasteiger partial charge in [-0.25, -0.2) is 4.79 Å². The van der Waals surface area contributed by atoms with Crippen molar-refractivity contribution in [3.05, 3.63) is 58.4 Å². The lowest BCUT2D eigenvalue weighted by Gasteiger charge is -2.10. The van der Waals surface area contributed by atoms with Crippen molar-refractivity contribution in [2.24, 2.45) is 0 Å². The topological polar surface area (TPSA) is 68.3 Å². The summed E-state index contributed by atoms with van der Waals surface area (Å²) in [6, 6.07) is 6.42. The van der Waals surface area contributed by atoms with Gasteiger partial charge < -0.3 is 10.1 Å². The second-order valence-corrected chi connectivity index (χ2v) is 4.74. The van der Waals surface area contributed by atoms with E-state index in [0.29, 0.717) is 16.3 Å². The van der Waals surface area contributed by atoms with Crippen molar-refractivity contribution in [1.82, 2.24) is 4.98 Å². The molecule has 0 saturated heterocycles. The molecular formula is C15H13ClN2O3. The van der Waals surface area contributed by atoms with Crippen molar-refractivity contribution in [3.63, 3.8) is 0 Å². The van der Waals surface area contributed by atoms with Crippen LogP contribution in [0.5, 0.6) is 0 Å². The SMILES string of the molecule is COC(=O)c1ccc(NC(=O)c2cnccc2Cl)c(C)c1. The summed E-state index contributed by atoms with van der Waals surface area (Å²) in [4.78, 5) is 27.4. The van der Waals surface area contributed by atoms with Gasteiger partial charge >= 0.3 is 5.97 Å². The number of aromatic nitrogens is 1. The number of hydrogen-bond acceptors (Lipinski definition) is 4. The van der Waals surface area contributed by atoms with Crippen LogP contribution in [-0.4, -0.2) is 24.0 Å². The van der Waals surface area contributed by atoms with Gasteiger partial charge in [0.2, 0.25) is 0 Å². The van der Waals surface area contributed by atoms with Crippen LogP contribution in [0.1, 0.15) is 26.3 Å². The highest BCUT2D eigenvalue weighted by Gasteiger charge is 2.13. The van der Waals surface area contributed by atoms with Crippen LogP contribution in [0.25, 0.3) is 0 Å². The minimum Gasteiger partial charge on any atom is -0.465 e. The molecule has 0 radical (unpaired) electrons. The maximum absolute atomic E-state index is 12.1. The van der Waals surface area contributed by atoms with Crippen LogP contribution in [0.2, 0.25) is 5.02 Å². The third-order valence-corrected chi connectivity index (χ3v) is 3.24. The summed E-state index contributed by atoms with van der Waals surface area (Å²) in [5.41, 5.74) is 2.04.